The van der Waals surface area contributed by atoms with E-state index >= 15 is 0 Å². The zero-order chi connectivity index (χ0) is 24.4. The van der Waals surface area contributed by atoms with Gasteiger partial charge in [0.2, 0.25) is 5.91 Å². The Balaban J connectivity index is 1.31. The summed E-state index contributed by atoms with van der Waals surface area (Å²) in [7, 11) is 0. The molecular weight excluding hydrogens is 470 g/mol. The summed E-state index contributed by atoms with van der Waals surface area (Å²) in [5.74, 6) is -1.14. The highest BCUT2D eigenvalue weighted by Crippen LogP contribution is 2.32. The fourth-order valence-corrected chi connectivity index (χ4v) is 4.78. The normalized spacial score (nSPS) is 17.4. The van der Waals surface area contributed by atoms with Crippen molar-refractivity contribution in [1.82, 2.24) is 4.90 Å². The van der Waals surface area contributed by atoms with Crippen molar-refractivity contribution in [2.24, 2.45) is 0 Å². The minimum Gasteiger partial charge on any atom is -0.422 e. The van der Waals surface area contributed by atoms with Crippen molar-refractivity contribution >= 4 is 57.2 Å². The Morgan fingerprint density at radius 1 is 1.03 bits per heavy atom. The molecule has 3 heterocycles. The molecule has 2 aromatic carbocycles. The predicted octanol–water partition coefficient (Wildman–Crippen LogP) is 3.30. The van der Waals surface area contributed by atoms with E-state index in [0.717, 1.165) is 10.6 Å². The number of morpholine rings is 1. The molecule has 2 fully saturated rings. The Morgan fingerprint density at radius 2 is 1.77 bits per heavy atom. The van der Waals surface area contributed by atoms with E-state index in [1.54, 1.807) is 42.5 Å². The predicted molar refractivity (Wildman–Crippen MR) is 133 cm³/mol. The molecule has 0 radical (unpaired) electrons. The van der Waals surface area contributed by atoms with Crippen LogP contribution in [0.25, 0.3) is 17.0 Å². The molecule has 5 rings (SSSR count). The van der Waals surface area contributed by atoms with E-state index in [-0.39, 0.29) is 10.5 Å². The SMILES string of the molecule is O=C(CN1C(=O)SC(=Cc2cc3ccccc3oc2=O)C1=O)Nc1ccccc1N1CCOCC1. The lowest BCUT2D eigenvalue weighted by molar-refractivity contribution is -0.127. The van der Waals surface area contributed by atoms with E-state index in [4.69, 9.17) is 9.15 Å². The lowest BCUT2D eigenvalue weighted by atomic mass is 10.2. The van der Waals surface area contributed by atoms with Crippen LogP contribution in [0.2, 0.25) is 0 Å². The van der Waals surface area contributed by atoms with Crippen LogP contribution >= 0.6 is 11.8 Å². The first-order valence-electron chi connectivity index (χ1n) is 11.0. The van der Waals surface area contributed by atoms with Gasteiger partial charge in [0.25, 0.3) is 11.1 Å². The molecule has 3 aromatic rings. The van der Waals surface area contributed by atoms with E-state index in [0.29, 0.717) is 54.7 Å². The molecule has 3 amide bonds. The number of nitrogens with one attached hydrogen (secondary N) is 1. The number of fused-ring (bicyclic) bond motifs is 1. The molecule has 0 aliphatic carbocycles. The molecule has 1 aromatic heterocycles. The van der Waals surface area contributed by atoms with Gasteiger partial charge in [-0.1, -0.05) is 30.3 Å². The molecule has 10 heteroatoms. The van der Waals surface area contributed by atoms with Crippen molar-refractivity contribution < 1.29 is 23.5 Å². The first-order chi connectivity index (χ1) is 17.0. The highest BCUT2D eigenvalue weighted by atomic mass is 32.2. The number of para-hydroxylation sites is 3. The molecule has 0 atom stereocenters. The number of imide groups is 1. The number of anilines is 2. The maximum Gasteiger partial charge on any atom is 0.343 e. The van der Waals surface area contributed by atoms with E-state index in [1.807, 2.05) is 12.1 Å². The average molecular weight is 492 g/mol. The molecule has 2 aliphatic heterocycles. The van der Waals surface area contributed by atoms with Crippen LogP contribution in [0.5, 0.6) is 0 Å². The van der Waals surface area contributed by atoms with E-state index < -0.39 is 29.2 Å². The molecule has 0 unspecified atom stereocenters. The molecule has 0 spiro atoms. The van der Waals surface area contributed by atoms with Gasteiger partial charge < -0.3 is 19.4 Å². The third-order valence-corrected chi connectivity index (χ3v) is 6.57. The van der Waals surface area contributed by atoms with Gasteiger partial charge in [-0.25, -0.2) is 4.79 Å². The van der Waals surface area contributed by atoms with Gasteiger partial charge in [0.05, 0.1) is 35.1 Å². The maximum atomic E-state index is 12.9. The Morgan fingerprint density at radius 3 is 2.60 bits per heavy atom. The zero-order valence-electron chi connectivity index (χ0n) is 18.6. The second kappa shape index (κ2) is 9.77. The molecule has 1 N–H and O–H groups in total. The number of nitrogens with zero attached hydrogens (tertiary/aromatic N) is 2. The number of hydrogen-bond acceptors (Lipinski definition) is 8. The van der Waals surface area contributed by atoms with Crippen molar-refractivity contribution in [2.45, 2.75) is 0 Å². The smallest absolute Gasteiger partial charge is 0.343 e. The average Bonchev–Trinajstić information content (AvgIpc) is 3.12. The van der Waals surface area contributed by atoms with Crippen LogP contribution in [0.3, 0.4) is 0 Å². The summed E-state index contributed by atoms with van der Waals surface area (Å²) < 4.78 is 10.7. The highest BCUT2D eigenvalue weighted by molar-refractivity contribution is 8.18. The minimum atomic E-state index is -0.635. The third-order valence-electron chi connectivity index (χ3n) is 5.66. The number of amides is 3. The Kier molecular flexibility index (Phi) is 6.39. The van der Waals surface area contributed by atoms with Crippen LogP contribution in [-0.4, -0.2) is 54.8 Å². The van der Waals surface area contributed by atoms with Crippen LogP contribution in [-0.2, 0) is 14.3 Å². The number of rotatable bonds is 5. The van der Waals surface area contributed by atoms with Gasteiger partial charge in [-0.3, -0.25) is 19.3 Å². The summed E-state index contributed by atoms with van der Waals surface area (Å²) in [4.78, 5) is 53.5. The van der Waals surface area contributed by atoms with Crippen molar-refractivity contribution in [3.05, 3.63) is 75.5 Å². The fourth-order valence-electron chi connectivity index (χ4n) is 3.95. The second-order valence-electron chi connectivity index (χ2n) is 7.96. The highest BCUT2D eigenvalue weighted by Gasteiger charge is 2.36. The van der Waals surface area contributed by atoms with Gasteiger partial charge in [0, 0.05) is 18.5 Å². The van der Waals surface area contributed by atoms with Gasteiger partial charge in [-0.05, 0) is 42.1 Å². The molecule has 9 nitrogen and oxygen atoms in total. The van der Waals surface area contributed by atoms with Crippen molar-refractivity contribution in [3.63, 3.8) is 0 Å². The number of ether oxygens (including phenoxy) is 1. The molecule has 35 heavy (non-hydrogen) atoms. The standard InChI is InChI=1S/C25H21N3O6S/c29-22(26-18-6-2-3-7-19(18)27-9-11-33-12-10-27)15-28-23(30)21(35-25(28)32)14-17-13-16-5-1-4-8-20(16)34-24(17)31/h1-8,13-14H,9-12,15H2,(H,26,29). The lowest BCUT2D eigenvalue weighted by Gasteiger charge is -2.30. The van der Waals surface area contributed by atoms with Gasteiger partial charge in [-0.2, -0.15) is 0 Å². The summed E-state index contributed by atoms with van der Waals surface area (Å²) >= 11 is 0.681. The quantitative estimate of drug-likeness (QED) is 0.428. The number of carbonyl (C=O) groups excluding carboxylic acids is 3. The molecule has 2 saturated heterocycles. The number of benzene rings is 2. The van der Waals surface area contributed by atoms with Crippen molar-refractivity contribution in [1.29, 1.82) is 0 Å². The van der Waals surface area contributed by atoms with E-state index in [1.165, 1.54) is 6.08 Å². The number of thioether (sulfide) groups is 1. The summed E-state index contributed by atoms with van der Waals surface area (Å²) in [6.45, 7) is 2.15. The first kappa shape index (κ1) is 22.9. The third kappa shape index (κ3) is 4.84. The molecule has 0 saturated carbocycles. The van der Waals surface area contributed by atoms with E-state index in [9.17, 15) is 19.2 Å². The Hall–Kier alpha value is -3.89. The van der Waals surface area contributed by atoms with Crippen molar-refractivity contribution in [2.75, 3.05) is 43.1 Å². The topological polar surface area (TPSA) is 109 Å². The summed E-state index contributed by atoms with van der Waals surface area (Å²) in [5, 5.41) is 2.92. The van der Waals surface area contributed by atoms with Crippen LogP contribution in [0, 0.1) is 0 Å². The van der Waals surface area contributed by atoms with Crippen LogP contribution in [0.4, 0.5) is 16.2 Å². The van der Waals surface area contributed by atoms with Gasteiger partial charge in [-0.15, -0.1) is 0 Å². The van der Waals surface area contributed by atoms with Gasteiger partial charge >= 0.3 is 5.63 Å². The maximum absolute atomic E-state index is 12.9. The van der Waals surface area contributed by atoms with Gasteiger partial charge in [0.1, 0.15) is 12.1 Å². The number of carbonyl (C=O) groups is 3. The summed E-state index contributed by atoms with van der Waals surface area (Å²) in [5.41, 5.74) is 1.40. The van der Waals surface area contributed by atoms with Crippen molar-refractivity contribution in [3.8, 4) is 0 Å². The van der Waals surface area contributed by atoms with Crippen LogP contribution in [0.15, 0.2) is 68.7 Å². The molecular formula is C25H21N3O6S. The monoisotopic (exact) mass is 491 g/mol. The second-order valence-corrected chi connectivity index (χ2v) is 8.95. The largest absolute Gasteiger partial charge is 0.422 e. The molecule has 0 bridgehead atoms. The molecule has 178 valence electrons. The Labute approximate surface area is 204 Å². The fraction of sp³-hybridized carbons (Fsp3) is 0.200. The van der Waals surface area contributed by atoms with Gasteiger partial charge in [0.15, 0.2) is 0 Å². The lowest BCUT2D eigenvalue weighted by Crippen LogP contribution is -2.38. The number of hydrogen-bond donors (Lipinski definition) is 1. The zero-order valence-corrected chi connectivity index (χ0v) is 19.4. The van der Waals surface area contributed by atoms with Crippen LogP contribution in [0.1, 0.15) is 5.56 Å². The Bertz CT molecular complexity index is 1410. The summed E-state index contributed by atoms with van der Waals surface area (Å²) in [6.07, 6.45) is 1.33. The summed E-state index contributed by atoms with van der Waals surface area (Å²) in [6, 6.07) is 16.0. The first-order valence-corrected chi connectivity index (χ1v) is 11.8. The van der Waals surface area contributed by atoms with Crippen LogP contribution < -0.4 is 15.8 Å². The van der Waals surface area contributed by atoms with E-state index in [2.05, 4.69) is 10.2 Å². The molecule has 2 aliphatic rings. The minimum absolute atomic E-state index is 0.0547.